The van der Waals surface area contributed by atoms with Gasteiger partial charge >= 0.3 is 0 Å². The minimum absolute atomic E-state index is 0.108. The van der Waals surface area contributed by atoms with Crippen LogP contribution in [0.2, 0.25) is 0 Å². The molecule has 0 saturated carbocycles. The smallest absolute Gasteiger partial charge is 0.264 e. The number of anilines is 1. The third-order valence-corrected chi connectivity index (χ3v) is 7.75. The molecule has 0 heterocycles. The first kappa shape index (κ1) is 21.6. The molecule has 1 amide bonds. The molecule has 0 saturated heterocycles. The van der Waals surface area contributed by atoms with E-state index in [1.807, 2.05) is 18.2 Å². The predicted octanol–water partition coefficient (Wildman–Crippen LogP) is 4.84. The van der Waals surface area contributed by atoms with Crippen LogP contribution in [0, 0.1) is 0 Å². The summed E-state index contributed by atoms with van der Waals surface area (Å²) in [6, 6.07) is 23.1. The molecule has 31 heavy (non-hydrogen) atoms. The van der Waals surface area contributed by atoms with Crippen LogP contribution in [0.3, 0.4) is 0 Å². The van der Waals surface area contributed by atoms with Gasteiger partial charge < -0.3 is 5.32 Å². The molecule has 1 aliphatic rings. The van der Waals surface area contributed by atoms with E-state index < -0.39 is 10.0 Å². The normalized spacial score (nSPS) is 15.7. The summed E-state index contributed by atoms with van der Waals surface area (Å²) in [5, 5.41) is 3.06. The molecule has 160 valence electrons. The van der Waals surface area contributed by atoms with E-state index in [1.54, 1.807) is 42.5 Å². The molecule has 1 aliphatic carbocycles. The summed E-state index contributed by atoms with van der Waals surface area (Å²) < 4.78 is 28.8. The Morgan fingerprint density at radius 2 is 1.65 bits per heavy atom. The zero-order valence-corrected chi connectivity index (χ0v) is 19.3. The molecule has 0 aromatic heterocycles. The van der Waals surface area contributed by atoms with Crippen molar-refractivity contribution in [1.82, 2.24) is 5.32 Å². The maximum Gasteiger partial charge on any atom is 0.264 e. The summed E-state index contributed by atoms with van der Waals surface area (Å²) in [7, 11) is -3.91. The van der Waals surface area contributed by atoms with Gasteiger partial charge in [-0.2, -0.15) is 0 Å². The molecule has 1 unspecified atom stereocenters. The number of carbonyl (C=O) groups excluding carboxylic acids is 1. The van der Waals surface area contributed by atoms with Gasteiger partial charge in [-0.3, -0.25) is 9.10 Å². The van der Waals surface area contributed by atoms with Crippen molar-refractivity contribution in [2.45, 2.75) is 30.2 Å². The van der Waals surface area contributed by atoms with Crippen LogP contribution in [0.15, 0.2) is 88.2 Å². The second-order valence-electron chi connectivity index (χ2n) is 7.51. The van der Waals surface area contributed by atoms with Gasteiger partial charge in [0.25, 0.3) is 10.0 Å². The summed E-state index contributed by atoms with van der Waals surface area (Å²) in [6.45, 7) is -0.294. The summed E-state index contributed by atoms with van der Waals surface area (Å²) in [6.07, 6.45) is 2.82. The number of carbonyl (C=O) groups is 1. The molecular weight excluding hydrogens is 476 g/mol. The highest BCUT2D eigenvalue weighted by Gasteiger charge is 2.29. The average molecular weight is 499 g/mol. The monoisotopic (exact) mass is 498 g/mol. The first-order chi connectivity index (χ1) is 14.9. The third kappa shape index (κ3) is 4.83. The van der Waals surface area contributed by atoms with Crippen LogP contribution in [-0.2, 0) is 21.2 Å². The Bertz CT molecular complexity index is 1160. The quantitative estimate of drug-likeness (QED) is 0.528. The number of aryl methyl sites for hydroxylation is 1. The zero-order chi connectivity index (χ0) is 21.8. The van der Waals surface area contributed by atoms with Crippen LogP contribution < -0.4 is 9.62 Å². The zero-order valence-electron chi connectivity index (χ0n) is 16.9. The number of hydrogen-bond donors (Lipinski definition) is 1. The number of benzene rings is 3. The Balaban J connectivity index is 1.61. The van der Waals surface area contributed by atoms with E-state index in [1.165, 1.54) is 22.0 Å². The average Bonchev–Trinajstić information content (AvgIpc) is 2.79. The molecular formula is C24H23BrN2O3S. The predicted molar refractivity (Wildman–Crippen MR) is 125 cm³/mol. The summed E-state index contributed by atoms with van der Waals surface area (Å²) >= 11 is 3.37. The van der Waals surface area contributed by atoms with Crippen molar-refractivity contribution < 1.29 is 13.2 Å². The molecule has 7 heteroatoms. The molecule has 0 radical (unpaired) electrons. The molecule has 5 nitrogen and oxygen atoms in total. The van der Waals surface area contributed by atoms with Crippen molar-refractivity contribution >= 4 is 37.5 Å². The van der Waals surface area contributed by atoms with Crippen molar-refractivity contribution in [2.24, 2.45) is 0 Å². The minimum atomic E-state index is -3.91. The van der Waals surface area contributed by atoms with E-state index in [0.717, 1.165) is 29.3 Å². The van der Waals surface area contributed by atoms with Crippen LogP contribution in [-0.4, -0.2) is 20.9 Å². The number of rotatable bonds is 6. The molecule has 0 spiro atoms. The van der Waals surface area contributed by atoms with Crippen molar-refractivity contribution in [3.63, 3.8) is 0 Å². The molecule has 4 rings (SSSR count). The number of hydrogen-bond acceptors (Lipinski definition) is 3. The second-order valence-corrected chi connectivity index (χ2v) is 10.3. The molecule has 0 bridgehead atoms. The highest BCUT2D eigenvalue weighted by Crippen LogP contribution is 2.30. The topological polar surface area (TPSA) is 66.5 Å². The van der Waals surface area contributed by atoms with Crippen LogP contribution >= 0.6 is 15.9 Å². The Morgan fingerprint density at radius 3 is 2.39 bits per heavy atom. The van der Waals surface area contributed by atoms with E-state index in [9.17, 15) is 13.2 Å². The standard InChI is InChI=1S/C24H23BrN2O3S/c25-19-13-15-20(16-14-19)27(31(29,30)21-9-2-1-3-10-21)17-24(28)26-23-12-6-8-18-7-4-5-11-22(18)23/h1-5,7,9-11,13-16,23H,6,8,12,17H2,(H,26,28). The van der Waals surface area contributed by atoms with Gasteiger partial charge in [0.2, 0.25) is 5.91 Å². The van der Waals surface area contributed by atoms with Gasteiger partial charge in [-0.15, -0.1) is 0 Å². The Hall–Kier alpha value is -2.64. The van der Waals surface area contributed by atoms with Gasteiger partial charge in [0.1, 0.15) is 6.54 Å². The molecule has 1 N–H and O–H groups in total. The number of amides is 1. The minimum Gasteiger partial charge on any atom is -0.348 e. The third-order valence-electron chi connectivity index (χ3n) is 5.44. The van der Waals surface area contributed by atoms with E-state index in [0.29, 0.717) is 5.69 Å². The lowest BCUT2D eigenvalue weighted by Crippen LogP contribution is -2.42. The van der Waals surface area contributed by atoms with Crippen LogP contribution in [0.5, 0.6) is 0 Å². The fourth-order valence-electron chi connectivity index (χ4n) is 3.92. The Labute approximate surface area is 191 Å². The lowest BCUT2D eigenvalue weighted by atomic mass is 9.88. The van der Waals surface area contributed by atoms with E-state index in [-0.39, 0.29) is 23.4 Å². The maximum absolute atomic E-state index is 13.4. The summed E-state index contributed by atoms with van der Waals surface area (Å²) in [5.74, 6) is -0.330. The van der Waals surface area contributed by atoms with Gasteiger partial charge in [0, 0.05) is 4.47 Å². The SMILES string of the molecule is O=C(CN(c1ccc(Br)cc1)S(=O)(=O)c1ccccc1)NC1CCCc2ccccc21. The molecule has 0 aliphatic heterocycles. The highest BCUT2D eigenvalue weighted by molar-refractivity contribution is 9.10. The fraction of sp³-hybridized carbons (Fsp3) is 0.208. The first-order valence-corrected chi connectivity index (χ1v) is 12.4. The van der Waals surface area contributed by atoms with Gasteiger partial charge in [-0.1, -0.05) is 58.4 Å². The lowest BCUT2D eigenvalue weighted by molar-refractivity contribution is -0.120. The largest absolute Gasteiger partial charge is 0.348 e. The van der Waals surface area contributed by atoms with Gasteiger partial charge in [-0.25, -0.2) is 8.42 Å². The van der Waals surface area contributed by atoms with Crippen molar-refractivity contribution in [1.29, 1.82) is 0 Å². The maximum atomic E-state index is 13.4. The number of halogens is 1. The number of fused-ring (bicyclic) bond motifs is 1. The summed E-state index contributed by atoms with van der Waals surface area (Å²) in [5.41, 5.74) is 2.79. The Kier molecular flexibility index (Phi) is 6.43. The number of nitrogens with zero attached hydrogens (tertiary/aromatic N) is 1. The van der Waals surface area contributed by atoms with E-state index in [4.69, 9.17) is 0 Å². The van der Waals surface area contributed by atoms with Crippen LogP contribution in [0.1, 0.15) is 30.0 Å². The molecule has 0 fully saturated rings. The van der Waals surface area contributed by atoms with Gasteiger partial charge in [0.15, 0.2) is 0 Å². The number of nitrogens with one attached hydrogen (secondary N) is 1. The van der Waals surface area contributed by atoms with Crippen molar-refractivity contribution in [2.75, 3.05) is 10.8 Å². The fourth-order valence-corrected chi connectivity index (χ4v) is 5.62. The lowest BCUT2D eigenvalue weighted by Gasteiger charge is -2.28. The second kappa shape index (κ2) is 9.24. The van der Waals surface area contributed by atoms with E-state index >= 15 is 0 Å². The Morgan fingerprint density at radius 1 is 0.968 bits per heavy atom. The van der Waals surface area contributed by atoms with Gasteiger partial charge in [0.05, 0.1) is 16.6 Å². The molecule has 1 atom stereocenters. The first-order valence-electron chi connectivity index (χ1n) is 10.2. The van der Waals surface area contributed by atoms with Crippen LogP contribution in [0.25, 0.3) is 0 Å². The van der Waals surface area contributed by atoms with Crippen molar-refractivity contribution in [3.8, 4) is 0 Å². The van der Waals surface area contributed by atoms with E-state index in [2.05, 4.69) is 27.3 Å². The molecule has 3 aromatic rings. The highest BCUT2D eigenvalue weighted by atomic mass is 79.9. The summed E-state index contributed by atoms with van der Waals surface area (Å²) in [4.78, 5) is 13.2. The number of sulfonamides is 1. The van der Waals surface area contributed by atoms with Crippen LogP contribution in [0.4, 0.5) is 5.69 Å². The van der Waals surface area contributed by atoms with Gasteiger partial charge in [-0.05, 0) is 66.8 Å². The molecule has 3 aromatic carbocycles. The van der Waals surface area contributed by atoms with Crippen molar-refractivity contribution in [3.05, 3.63) is 94.5 Å².